The molecule has 2 rings (SSSR count). The first-order valence-corrected chi connectivity index (χ1v) is 7.41. The van der Waals surface area contributed by atoms with Crippen LogP contribution in [-0.4, -0.2) is 61.3 Å². The van der Waals surface area contributed by atoms with E-state index in [4.69, 9.17) is 4.74 Å². The van der Waals surface area contributed by atoms with Crippen LogP contribution in [0.15, 0.2) is 0 Å². The van der Waals surface area contributed by atoms with E-state index >= 15 is 0 Å². The molecule has 0 saturated carbocycles. The van der Waals surface area contributed by atoms with Gasteiger partial charge in [-0.3, -0.25) is 4.90 Å². The maximum atomic E-state index is 5.45. The third-order valence-electron chi connectivity index (χ3n) is 4.35. The van der Waals surface area contributed by atoms with Crippen LogP contribution in [0.1, 0.15) is 39.5 Å². The summed E-state index contributed by atoms with van der Waals surface area (Å²) in [6.07, 6.45) is 5.33. The minimum atomic E-state index is 0.816. The summed E-state index contributed by atoms with van der Waals surface area (Å²) in [6, 6.07) is 1.63. The molecule has 0 aliphatic carbocycles. The molecule has 0 aromatic rings. The fourth-order valence-corrected chi connectivity index (χ4v) is 3.36. The predicted molar refractivity (Wildman–Crippen MR) is 71.4 cm³/mol. The van der Waals surface area contributed by atoms with Gasteiger partial charge in [-0.1, -0.05) is 13.8 Å². The minimum absolute atomic E-state index is 0.816. The largest absolute Gasteiger partial charge is 0.379 e. The topological polar surface area (TPSA) is 15.7 Å². The molecule has 0 radical (unpaired) electrons. The smallest absolute Gasteiger partial charge is 0.0594 e. The van der Waals surface area contributed by atoms with Crippen LogP contribution in [0.2, 0.25) is 0 Å². The molecule has 3 heteroatoms. The van der Waals surface area contributed by atoms with Gasteiger partial charge in [-0.25, -0.2) is 0 Å². The van der Waals surface area contributed by atoms with Crippen molar-refractivity contribution < 1.29 is 4.74 Å². The van der Waals surface area contributed by atoms with Crippen molar-refractivity contribution in [2.75, 3.05) is 39.4 Å². The number of piperidine rings is 1. The van der Waals surface area contributed by atoms with Crippen LogP contribution < -0.4 is 0 Å². The van der Waals surface area contributed by atoms with Gasteiger partial charge in [-0.05, 0) is 38.8 Å². The van der Waals surface area contributed by atoms with E-state index in [0.717, 1.165) is 38.4 Å². The first-order chi connectivity index (χ1) is 8.35. The molecule has 17 heavy (non-hydrogen) atoms. The van der Waals surface area contributed by atoms with Gasteiger partial charge >= 0.3 is 0 Å². The fraction of sp³-hybridized carbons (Fsp3) is 1.00. The summed E-state index contributed by atoms with van der Waals surface area (Å²) in [7, 11) is 0. The van der Waals surface area contributed by atoms with E-state index in [1.54, 1.807) is 0 Å². The van der Waals surface area contributed by atoms with Crippen molar-refractivity contribution in [1.29, 1.82) is 0 Å². The summed E-state index contributed by atoms with van der Waals surface area (Å²) in [5, 5.41) is 0. The lowest BCUT2D eigenvalue weighted by Gasteiger charge is -2.44. The Kier molecular flexibility index (Phi) is 5.26. The quantitative estimate of drug-likeness (QED) is 0.747. The summed E-state index contributed by atoms with van der Waals surface area (Å²) >= 11 is 0. The zero-order valence-electron chi connectivity index (χ0n) is 11.5. The lowest BCUT2D eigenvalue weighted by atomic mass is 9.93. The molecule has 0 N–H and O–H groups in total. The zero-order valence-corrected chi connectivity index (χ0v) is 11.5. The molecule has 2 unspecified atom stereocenters. The number of morpholine rings is 1. The Morgan fingerprint density at radius 1 is 1.12 bits per heavy atom. The van der Waals surface area contributed by atoms with Crippen LogP contribution in [0.25, 0.3) is 0 Å². The van der Waals surface area contributed by atoms with Crippen LogP contribution in [-0.2, 0) is 4.74 Å². The highest BCUT2D eigenvalue weighted by Gasteiger charge is 2.30. The SMILES string of the molecule is CCCN1CCC(N2CCOCC2)CC1CC. The molecule has 0 spiro atoms. The second kappa shape index (κ2) is 6.72. The Balaban J connectivity index is 1.86. The summed E-state index contributed by atoms with van der Waals surface area (Å²) in [5.41, 5.74) is 0. The molecular weight excluding hydrogens is 212 g/mol. The fourth-order valence-electron chi connectivity index (χ4n) is 3.36. The highest BCUT2D eigenvalue weighted by molar-refractivity contribution is 4.86. The van der Waals surface area contributed by atoms with Gasteiger partial charge in [0.15, 0.2) is 0 Å². The molecule has 100 valence electrons. The average Bonchev–Trinajstić information content (AvgIpc) is 2.40. The van der Waals surface area contributed by atoms with Crippen LogP contribution >= 0.6 is 0 Å². The number of ether oxygens (including phenoxy) is 1. The Morgan fingerprint density at radius 3 is 2.53 bits per heavy atom. The van der Waals surface area contributed by atoms with Gasteiger partial charge in [0.25, 0.3) is 0 Å². The van der Waals surface area contributed by atoms with E-state index < -0.39 is 0 Å². The van der Waals surface area contributed by atoms with Gasteiger partial charge in [-0.2, -0.15) is 0 Å². The van der Waals surface area contributed by atoms with Gasteiger partial charge < -0.3 is 9.64 Å². The van der Waals surface area contributed by atoms with Crippen molar-refractivity contribution in [3.05, 3.63) is 0 Å². The molecule has 3 nitrogen and oxygen atoms in total. The zero-order chi connectivity index (χ0) is 12.1. The van der Waals surface area contributed by atoms with E-state index in [1.807, 2.05) is 0 Å². The summed E-state index contributed by atoms with van der Waals surface area (Å²) in [4.78, 5) is 5.37. The number of likely N-dealkylation sites (tertiary alicyclic amines) is 1. The van der Waals surface area contributed by atoms with Crippen molar-refractivity contribution in [2.45, 2.75) is 51.6 Å². The monoisotopic (exact) mass is 240 g/mol. The number of hydrogen-bond acceptors (Lipinski definition) is 3. The van der Waals surface area contributed by atoms with Gasteiger partial charge in [0.2, 0.25) is 0 Å². The molecule has 0 aromatic carbocycles. The normalized spacial score (nSPS) is 32.8. The summed E-state index contributed by atoms with van der Waals surface area (Å²) in [5.74, 6) is 0. The molecule has 2 fully saturated rings. The first-order valence-electron chi connectivity index (χ1n) is 7.41. The standard InChI is InChI=1S/C14H28N2O/c1-3-6-15-7-5-14(12-13(15)4-2)16-8-10-17-11-9-16/h13-14H,3-12H2,1-2H3. The highest BCUT2D eigenvalue weighted by Crippen LogP contribution is 2.24. The Hall–Kier alpha value is -0.120. The average molecular weight is 240 g/mol. The molecule has 2 atom stereocenters. The van der Waals surface area contributed by atoms with Crippen molar-refractivity contribution in [3.63, 3.8) is 0 Å². The van der Waals surface area contributed by atoms with Crippen LogP contribution in [0.3, 0.4) is 0 Å². The van der Waals surface area contributed by atoms with E-state index in [1.165, 1.54) is 38.8 Å². The maximum absolute atomic E-state index is 5.45. The van der Waals surface area contributed by atoms with Crippen molar-refractivity contribution >= 4 is 0 Å². The second-order valence-electron chi connectivity index (χ2n) is 5.42. The Labute approximate surface area is 106 Å². The van der Waals surface area contributed by atoms with Crippen LogP contribution in [0.5, 0.6) is 0 Å². The number of rotatable bonds is 4. The number of nitrogens with zero attached hydrogens (tertiary/aromatic N) is 2. The van der Waals surface area contributed by atoms with Gasteiger partial charge in [0, 0.05) is 25.2 Å². The maximum Gasteiger partial charge on any atom is 0.0594 e. The molecule has 0 aromatic heterocycles. The van der Waals surface area contributed by atoms with Crippen molar-refractivity contribution in [3.8, 4) is 0 Å². The van der Waals surface area contributed by atoms with Crippen LogP contribution in [0, 0.1) is 0 Å². The predicted octanol–water partition coefficient (Wildman–Crippen LogP) is 1.97. The van der Waals surface area contributed by atoms with Crippen LogP contribution in [0.4, 0.5) is 0 Å². The van der Waals surface area contributed by atoms with E-state index in [9.17, 15) is 0 Å². The lowest BCUT2D eigenvalue weighted by Crippen LogP contribution is -2.52. The summed E-state index contributed by atoms with van der Waals surface area (Å²) in [6.45, 7) is 11.4. The second-order valence-corrected chi connectivity index (χ2v) is 5.42. The van der Waals surface area contributed by atoms with Gasteiger partial charge in [0.1, 0.15) is 0 Å². The highest BCUT2D eigenvalue weighted by atomic mass is 16.5. The third kappa shape index (κ3) is 3.43. The minimum Gasteiger partial charge on any atom is -0.379 e. The van der Waals surface area contributed by atoms with E-state index in [0.29, 0.717) is 0 Å². The lowest BCUT2D eigenvalue weighted by molar-refractivity contribution is -0.0106. The Bertz CT molecular complexity index is 216. The molecule has 2 saturated heterocycles. The molecule has 0 amide bonds. The molecule has 2 aliphatic heterocycles. The van der Waals surface area contributed by atoms with Crippen molar-refractivity contribution in [2.24, 2.45) is 0 Å². The van der Waals surface area contributed by atoms with Gasteiger partial charge in [-0.15, -0.1) is 0 Å². The molecule has 2 heterocycles. The summed E-state index contributed by atoms with van der Waals surface area (Å²) < 4.78 is 5.45. The van der Waals surface area contributed by atoms with Gasteiger partial charge in [0.05, 0.1) is 13.2 Å². The van der Waals surface area contributed by atoms with Crippen molar-refractivity contribution in [1.82, 2.24) is 9.80 Å². The first kappa shape index (κ1) is 13.3. The third-order valence-corrected chi connectivity index (χ3v) is 4.35. The number of hydrogen-bond donors (Lipinski definition) is 0. The van der Waals surface area contributed by atoms with E-state index in [-0.39, 0.29) is 0 Å². The van der Waals surface area contributed by atoms with E-state index in [2.05, 4.69) is 23.6 Å². The molecule has 2 aliphatic rings. The Morgan fingerprint density at radius 2 is 1.88 bits per heavy atom. The molecular formula is C14H28N2O. The molecule has 0 bridgehead atoms.